The van der Waals surface area contributed by atoms with E-state index < -0.39 is 23.3 Å². The molecular weight excluding hydrogens is 483 g/mol. The molecule has 36 heavy (non-hydrogen) atoms. The number of nitrogens with zero attached hydrogens (tertiary/aromatic N) is 4. The molecule has 2 aliphatic rings. The van der Waals surface area contributed by atoms with Crippen LogP contribution in [0.3, 0.4) is 0 Å². The van der Waals surface area contributed by atoms with Gasteiger partial charge in [0.15, 0.2) is 0 Å². The smallest absolute Gasteiger partial charge is 0.308 e. The minimum atomic E-state index is -1.41. The van der Waals surface area contributed by atoms with Crippen molar-refractivity contribution in [3.05, 3.63) is 89.0 Å². The third-order valence-corrected chi connectivity index (χ3v) is 6.64. The van der Waals surface area contributed by atoms with Gasteiger partial charge in [-0.3, -0.25) is 14.6 Å². The van der Waals surface area contributed by atoms with Crippen molar-refractivity contribution in [2.75, 3.05) is 22.9 Å². The van der Waals surface area contributed by atoms with E-state index in [9.17, 15) is 14.4 Å². The Morgan fingerprint density at radius 2 is 1.67 bits per heavy atom. The molecule has 4 amide bonds. The Balaban J connectivity index is 1.45. The van der Waals surface area contributed by atoms with Crippen LogP contribution in [0.1, 0.15) is 24.5 Å². The van der Waals surface area contributed by atoms with E-state index in [1.807, 2.05) is 30.3 Å². The molecule has 0 N–H and O–H groups in total. The van der Waals surface area contributed by atoms with E-state index in [0.29, 0.717) is 11.3 Å². The number of hydrogen-bond donors (Lipinski definition) is 0. The number of anilines is 2. The first-order valence-corrected chi connectivity index (χ1v) is 11.6. The van der Waals surface area contributed by atoms with E-state index in [1.165, 1.54) is 15.9 Å². The molecule has 0 radical (unpaired) electrons. The Labute approximate surface area is 212 Å². The molecule has 9 heteroatoms. The maximum absolute atomic E-state index is 15.2. The summed E-state index contributed by atoms with van der Waals surface area (Å²) in [6, 6.07) is 14.3. The summed E-state index contributed by atoms with van der Waals surface area (Å²) in [5.74, 6) is 3.80. The topological polar surface area (TPSA) is 73.8 Å². The molecule has 0 unspecified atom stereocenters. The van der Waals surface area contributed by atoms with Gasteiger partial charge in [-0.25, -0.2) is 14.1 Å². The highest BCUT2D eigenvalue weighted by Crippen LogP contribution is 2.39. The van der Waals surface area contributed by atoms with Crippen molar-refractivity contribution in [1.82, 2.24) is 9.88 Å². The highest BCUT2D eigenvalue weighted by molar-refractivity contribution is 6.35. The Morgan fingerprint density at radius 1 is 0.972 bits per heavy atom. The quantitative estimate of drug-likeness (QED) is 0.491. The second kappa shape index (κ2) is 9.10. The van der Waals surface area contributed by atoms with Gasteiger partial charge in [-0.15, -0.1) is 0 Å². The lowest BCUT2D eigenvalue weighted by atomic mass is 9.88. The molecule has 3 heterocycles. The van der Waals surface area contributed by atoms with Crippen molar-refractivity contribution in [3.63, 3.8) is 0 Å². The molecule has 1 atom stereocenters. The molecule has 2 aliphatic heterocycles. The molecule has 180 valence electrons. The van der Waals surface area contributed by atoms with Crippen LogP contribution in [0.15, 0.2) is 67.0 Å². The lowest BCUT2D eigenvalue weighted by Crippen LogP contribution is -2.72. The zero-order chi connectivity index (χ0) is 25.4. The molecule has 0 bridgehead atoms. The van der Waals surface area contributed by atoms with Crippen LogP contribution in [0.2, 0.25) is 5.02 Å². The van der Waals surface area contributed by atoms with Crippen LogP contribution in [0.5, 0.6) is 0 Å². The molecule has 5 rings (SSSR count). The summed E-state index contributed by atoms with van der Waals surface area (Å²) in [6.07, 6.45) is 2.81. The second-order valence-electron chi connectivity index (χ2n) is 8.68. The number of imide groups is 1. The first-order valence-electron chi connectivity index (χ1n) is 11.2. The van der Waals surface area contributed by atoms with Gasteiger partial charge in [0, 0.05) is 42.3 Å². The molecule has 2 saturated heterocycles. The highest BCUT2D eigenvalue weighted by atomic mass is 35.5. The minimum absolute atomic E-state index is 0.126. The van der Waals surface area contributed by atoms with Crippen LogP contribution in [-0.4, -0.2) is 46.4 Å². The number of pyridine rings is 1. The van der Waals surface area contributed by atoms with Gasteiger partial charge < -0.3 is 9.80 Å². The number of rotatable bonds is 2. The number of urea groups is 1. The van der Waals surface area contributed by atoms with Crippen molar-refractivity contribution < 1.29 is 18.8 Å². The number of hydrogen-bond acceptors (Lipinski definition) is 4. The average molecular weight is 503 g/mol. The van der Waals surface area contributed by atoms with Gasteiger partial charge in [-0.05, 0) is 43.3 Å². The van der Waals surface area contributed by atoms with E-state index in [1.54, 1.807) is 31.5 Å². The van der Waals surface area contributed by atoms with E-state index >= 15 is 4.39 Å². The summed E-state index contributed by atoms with van der Waals surface area (Å²) in [4.78, 5) is 47.6. The Bertz CT molecular complexity index is 1410. The Morgan fingerprint density at radius 3 is 2.36 bits per heavy atom. The SMILES string of the molecule is C[C@]12CC(=O)N(c3c(F)cc(C#Cc4ccccc4)cc3Cl)C(=O)N1CCN(c1ccncc1)C2=O. The van der Waals surface area contributed by atoms with Crippen LogP contribution < -0.4 is 9.80 Å². The van der Waals surface area contributed by atoms with Crippen LogP contribution in [-0.2, 0) is 9.59 Å². The number of aromatic nitrogens is 1. The normalized spacial score (nSPS) is 19.6. The summed E-state index contributed by atoms with van der Waals surface area (Å²) in [6.45, 7) is 1.93. The first-order chi connectivity index (χ1) is 17.3. The summed E-state index contributed by atoms with van der Waals surface area (Å²) < 4.78 is 15.2. The Kier molecular flexibility index (Phi) is 5.94. The largest absolute Gasteiger partial charge is 0.332 e. The number of piperazine rings is 1. The summed E-state index contributed by atoms with van der Waals surface area (Å²) in [5, 5.41) is -0.126. The number of carbonyl (C=O) groups excluding carboxylic acids is 3. The van der Waals surface area contributed by atoms with Crippen molar-refractivity contribution in [2.24, 2.45) is 0 Å². The van der Waals surface area contributed by atoms with Crippen molar-refractivity contribution >= 4 is 40.8 Å². The van der Waals surface area contributed by atoms with Gasteiger partial charge in [0.2, 0.25) is 5.91 Å². The highest BCUT2D eigenvalue weighted by Gasteiger charge is 2.55. The molecular formula is C27H20ClFN4O3. The second-order valence-corrected chi connectivity index (χ2v) is 9.09. The molecule has 7 nitrogen and oxygen atoms in total. The zero-order valence-electron chi connectivity index (χ0n) is 19.2. The third kappa shape index (κ3) is 3.97. The van der Waals surface area contributed by atoms with Crippen molar-refractivity contribution in [3.8, 4) is 11.8 Å². The first kappa shape index (κ1) is 23.5. The predicted octanol–water partition coefficient (Wildman–Crippen LogP) is 4.24. The number of benzene rings is 2. The van der Waals surface area contributed by atoms with E-state index in [0.717, 1.165) is 16.5 Å². The third-order valence-electron chi connectivity index (χ3n) is 6.36. The fourth-order valence-electron chi connectivity index (χ4n) is 4.54. The van der Waals surface area contributed by atoms with Crippen molar-refractivity contribution in [2.45, 2.75) is 18.9 Å². The van der Waals surface area contributed by atoms with Gasteiger partial charge >= 0.3 is 6.03 Å². The minimum Gasteiger partial charge on any atom is -0.308 e. The van der Waals surface area contributed by atoms with Crippen molar-refractivity contribution in [1.29, 1.82) is 0 Å². The monoisotopic (exact) mass is 502 g/mol. The number of carbonyl (C=O) groups is 3. The molecule has 1 aromatic heterocycles. The molecule has 0 aliphatic carbocycles. The van der Waals surface area contributed by atoms with E-state index in [4.69, 9.17) is 11.6 Å². The molecule has 2 aromatic carbocycles. The fourth-order valence-corrected chi connectivity index (χ4v) is 4.83. The van der Waals surface area contributed by atoms with Gasteiger partial charge in [0.25, 0.3) is 5.91 Å². The number of fused-ring (bicyclic) bond motifs is 1. The Hall–Kier alpha value is -4.22. The van der Waals surface area contributed by atoms with Crippen LogP contribution in [0.25, 0.3) is 0 Å². The lowest BCUT2D eigenvalue weighted by molar-refractivity contribution is -0.137. The maximum atomic E-state index is 15.2. The molecule has 2 fully saturated rings. The number of amides is 4. The predicted molar refractivity (Wildman–Crippen MR) is 133 cm³/mol. The summed E-state index contributed by atoms with van der Waals surface area (Å²) in [5.41, 5.74) is -0.0826. The van der Waals surface area contributed by atoms with Crippen LogP contribution in [0, 0.1) is 17.7 Å². The van der Waals surface area contributed by atoms with E-state index in [2.05, 4.69) is 16.8 Å². The average Bonchev–Trinajstić information content (AvgIpc) is 2.86. The van der Waals surface area contributed by atoms with Gasteiger partial charge in [-0.1, -0.05) is 41.6 Å². The fraction of sp³-hybridized carbons (Fsp3) is 0.185. The van der Waals surface area contributed by atoms with Gasteiger partial charge in [-0.2, -0.15) is 0 Å². The maximum Gasteiger partial charge on any atom is 0.332 e. The molecule has 0 saturated carbocycles. The van der Waals surface area contributed by atoms with Crippen LogP contribution >= 0.6 is 11.6 Å². The van der Waals surface area contributed by atoms with Gasteiger partial charge in [0.1, 0.15) is 17.0 Å². The standard InChI is InChI=1S/C27H20ClFN4O3/c1-27-17-23(34)33(26(36)32(27)14-13-31(25(27)35)20-9-11-30-12-10-20)24-21(28)15-19(16-22(24)29)8-7-18-5-3-2-4-6-18/h2-6,9-12,15-16H,13-14,17H2,1H3/t27-/m1/s1. The summed E-state index contributed by atoms with van der Waals surface area (Å²) in [7, 11) is 0. The molecule has 3 aromatic rings. The lowest BCUT2D eigenvalue weighted by Gasteiger charge is -2.51. The van der Waals surface area contributed by atoms with E-state index in [-0.39, 0.29) is 36.1 Å². The molecule has 0 spiro atoms. The van der Waals surface area contributed by atoms with Crippen LogP contribution in [0.4, 0.5) is 20.6 Å². The number of halogens is 2. The summed E-state index contributed by atoms with van der Waals surface area (Å²) >= 11 is 6.37. The van der Waals surface area contributed by atoms with Gasteiger partial charge in [0.05, 0.1) is 11.4 Å². The zero-order valence-corrected chi connectivity index (χ0v) is 20.0.